The molecule has 1 aromatic carbocycles. The van der Waals surface area contributed by atoms with E-state index >= 15 is 0 Å². The van der Waals surface area contributed by atoms with E-state index in [-0.39, 0.29) is 19.0 Å². The zero-order valence-corrected chi connectivity index (χ0v) is 15.3. The molecule has 0 saturated heterocycles. The highest BCUT2D eigenvalue weighted by atomic mass is 16.7. The Kier molecular flexibility index (Phi) is 10.1. The molecule has 1 rings (SSSR count). The summed E-state index contributed by atoms with van der Waals surface area (Å²) in [5, 5.41) is 2.77. The predicted octanol–water partition coefficient (Wildman–Crippen LogP) is 4.35. The van der Waals surface area contributed by atoms with Crippen LogP contribution in [0.25, 0.3) is 0 Å². The summed E-state index contributed by atoms with van der Waals surface area (Å²) in [6, 6.07) is 8.01. The van der Waals surface area contributed by atoms with E-state index < -0.39 is 6.09 Å². The van der Waals surface area contributed by atoms with Gasteiger partial charge < -0.3 is 19.5 Å². The Balaban J connectivity index is 2.96. The summed E-state index contributed by atoms with van der Waals surface area (Å²) < 4.78 is 16.7. The molecule has 0 aliphatic rings. The Bertz CT molecular complexity index is 478. The lowest BCUT2D eigenvalue weighted by Gasteiger charge is -2.28. The highest BCUT2D eigenvalue weighted by Gasteiger charge is 2.28. The number of aryl methyl sites for hydroxylation is 1. The molecule has 1 N–H and O–H groups in total. The fraction of sp³-hybridized carbons (Fsp3) is 0.632. The normalized spacial score (nSPS) is 13.3. The van der Waals surface area contributed by atoms with Crippen LogP contribution in [0.3, 0.4) is 0 Å². The smallest absolute Gasteiger partial charge is 0.407 e. The highest BCUT2D eigenvalue weighted by Crippen LogP contribution is 2.29. The predicted molar refractivity (Wildman–Crippen MR) is 95.0 cm³/mol. The summed E-state index contributed by atoms with van der Waals surface area (Å²) in [4.78, 5) is 12.0. The molecule has 0 fully saturated rings. The van der Waals surface area contributed by atoms with Crippen molar-refractivity contribution in [1.29, 1.82) is 0 Å². The summed E-state index contributed by atoms with van der Waals surface area (Å²) in [5.74, 6) is 0. The molecule has 0 aliphatic carbocycles. The third kappa shape index (κ3) is 6.89. The monoisotopic (exact) mass is 337 g/mol. The second-order valence-electron chi connectivity index (χ2n) is 5.86. The number of amides is 1. The van der Waals surface area contributed by atoms with Crippen molar-refractivity contribution in [2.45, 2.75) is 58.7 Å². The van der Waals surface area contributed by atoms with Gasteiger partial charge in [0.25, 0.3) is 0 Å². The van der Waals surface area contributed by atoms with Crippen molar-refractivity contribution in [1.82, 2.24) is 5.32 Å². The van der Waals surface area contributed by atoms with E-state index in [0.29, 0.717) is 6.54 Å². The standard InChI is InChI=1S/C19H31NO4/c1-5-7-12-17(24-19(21)20-13-6-2)18(23-14-22-4)16-11-9-8-10-15(16)3/h8-11,17-18H,5-7,12-14H2,1-4H3,(H,20,21). The molecule has 136 valence electrons. The minimum absolute atomic E-state index is 0.154. The van der Waals surface area contributed by atoms with E-state index in [4.69, 9.17) is 14.2 Å². The quantitative estimate of drug-likeness (QED) is 0.610. The molecular weight excluding hydrogens is 306 g/mol. The Labute approximate surface area is 145 Å². The summed E-state index contributed by atoms with van der Waals surface area (Å²) in [7, 11) is 1.59. The van der Waals surface area contributed by atoms with Crippen LogP contribution in [0, 0.1) is 6.92 Å². The number of ether oxygens (including phenoxy) is 3. The molecule has 0 aromatic heterocycles. The molecule has 0 heterocycles. The molecular formula is C19H31NO4. The molecule has 1 amide bonds. The van der Waals surface area contributed by atoms with Gasteiger partial charge in [0, 0.05) is 13.7 Å². The number of rotatable bonds is 11. The largest absolute Gasteiger partial charge is 0.443 e. The number of methoxy groups -OCH3 is 1. The molecule has 0 spiro atoms. The van der Waals surface area contributed by atoms with Crippen LogP contribution < -0.4 is 5.32 Å². The second-order valence-corrected chi connectivity index (χ2v) is 5.86. The molecule has 5 heteroatoms. The van der Waals surface area contributed by atoms with E-state index in [2.05, 4.69) is 12.2 Å². The van der Waals surface area contributed by atoms with Crippen molar-refractivity contribution in [3.8, 4) is 0 Å². The van der Waals surface area contributed by atoms with Crippen molar-refractivity contribution in [2.75, 3.05) is 20.4 Å². The lowest BCUT2D eigenvalue weighted by molar-refractivity contribution is -0.118. The van der Waals surface area contributed by atoms with Gasteiger partial charge in [0.1, 0.15) is 19.0 Å². The molecule has 1 aromatic rings. The first-order chi connectivity index (χ1) is 11.6. The van der Waals surface area contributed by atoms with Crippen molar-refractivity contribution in [3.05, 3.63) is 35.4 Å². The molecule has 0 radical (unpaired) electrons. The number of carbonyl (C=O) groups excluding carboxylic acids is 1. The zero-order valence-electron chi connectivity index (χ0n) is 15.3. The number of nitrogens with one attached hydrogen (secondary N) is 1. The lowest BCUT2D eigenvalue weighted by Crippen LogP contribution is -2.34. The Morgan fingerprint density at radius 2 is 1.96 bits per heavy atom. The average molecular weight is 337 g/mol. The third-order valence-electron chi connectivity index (χ3n) is 3.82. The van der Waals surface area contributed by atoms with Gasteiger partial charge >= 0.3 is 6.09 Å². The van der Waals surface area contributed by atoms with Gasteiger partial charge in [0.2, 0.25) is 0 Å². The SMILES string of the molecule is CCCCC(OC(=O)NCCC)C(OCOC)c1ccccc1C. The van der Waals surface area contributed by atoms with Crippen molar-refractivity contribution in [2.24, 2.45) is 0 Å². The molecule has 2 atom stereocenters. The van der Waals surface area contributed by atoms with Crippen LogP contribution in [0.15, 0.2) is 24.3 Å². The topological polar surface area (TPSA) is 56.8 Å². The van der Waals surface area contributed by atoms with Crippen molar-refractivity contribution < 1.29 is 19.0 Å². The maximum absolute atomic E-state index is 12.0. The Morgan fingerprint density at radius 1 is 1.21 bits per heavy atom. The van der Waals surface area contributed by atoms with Gasteiger partial charge in [-0.3, -0.25) is 0 Å². The van der Waals surface area contributed by atoms with E-state index in [9.17, 15) is 4.79 Å². The second kappa shape index (κ2) is 11.9. The number of unbranched alkanes of at least 4 members (excludes halogenated alkanes) is 1. The van der Waals surface area contributed by atoms with Gasteiger partial charge in [0.05, 0.1) is 0 Å². The van der Waals surface area contributed by atoms with Crippen molar-refractivity contribution in [3.63, 3.8) is 0 Å². The van der Waals surface area contributed by atoms with Gasteiger partial charge in [0.15, 0.2) is 0 Å². The van der Waals surface area contributed by atoms with Gasteiger partial charge in [-0.2, -0.15) is 0 Å². The summed E-state index contributed by atoms with van der Waals surface area (Å²) in [6.45, 7) is 6.92. The van der Waals surface area contributed by atoms with Gasteiger partial charge in [-0.1, -0.05) is 44.5 Å². The molecule has 0 saturated carbocycles. The van der Waals surface area contributed by atoms with E-state index in [1.165, 1.54) is 0 Å². The number of alkyl carbamates (subject to hydrolysis) is 1. The summed E-state index contributed by atoms with van der Waals surface area (Å²) in [6.07, 6.45) is 2.53. The minimum atomic E-state index is -0.391. The number of benzene rings is 1. The molecule has 0 bridgehead atoms. The van der Waals surface area contributed by atoms with Gasteiger partial charge in [-0.15, -0.1) is 0 Å². The molecule has 5 nitrogen and oxygen atoms in total. The highest BCUT2D eigenvalue weighted by molar-refractivity contribution is 5.67. The molecule has 2 unspecified atom stereocenters. The average Bonchev–Trinajstić information content (AvgIpc) is 2.59. The van der Waals surface area contributed by atoms with Crippen LogP contribution in [0.2, 0.25) is 0 Å². The fourth-order valence-electron chi connectivity index (χ4n) is 2.53. The Hall–Kier alpha value is -1.59. The van der Waals surface area contributed by atoms with Crippen molar-refractivity contribution >= 4 is 6.09 Å². The minimum Gasteiger partial charge on any atom is -0.443 e. The van der Waals surface area contributed by atoms with Gasteiger partial charge in [-0.25, -0.2) is 4.79 Å². The van der Waals surface area contributed by atoms with Crippen LogP contribution >= 0.6 is 0 Å². The van der Waals surface area contributed by atoms with E-state index in [1.807, 2.05) is 38.1 Å². The Morgan fingerprint density at radius 3 is 2.58 bits per heavy atom. The maximum atomic E-state index is 12.0. The van der Waals surface area contributed by atoms with Crippen LogP contribution in [0.4, 0.5) is 4.79 Å². The van der Waals surface area contributed by atoms with Crippen LogP contribution in [-0.2, 0) is 14.2 Å². The van der Waals surface area contributed by atoms with E-state index in [0.717, 1.165) is 36.8 Å². The van der Waals surface area contributed by atoms with E-state index in [1.54, 1.807) is 7.11 Å². The zero-order chi connectivity index (χ0) is 17.8. The molecule has 24 heavy (non-hydrogen) atoms. The number of hydrogen-bond donors (Lipinski definition) is 1. The van der Waals surface area contributed by atoms with Crippen LogP contribution in [0.5, 0.6) is 0 Å². The summed E-state index contributed by atoms with van der Waals surface area (Å²) in [5.41, 5.74) is 2.14. The van der Waals surface area contributed by atoms with Gasteiger partial charge in [-0.05, 0) is 37.3 Å². The number of hydrogen-bond acceptors (Lipinski definition) is 4. The first kappa shape index (κ1) is 20.5. The first-order valence-electron chi connectivity index (χ1n) is 8.74. The lowest BCUT2D eigenvalue weighted by atomic mass is 9.96. The fourth-order valence-corrected chi connectivity index (χ4v) is 2.53. The first-order valence-corrected chi connectivity index (χ1v) is 8.74. The maximum Gasteiger partial charge on any atom is 0.407 e. The summed E-state index contributed by atoms with van der Waals surface area (Å²) >= 11 is 0. The van der Waals surface area contributed by atoms with Crippen LogP contribution in [-0.4, -0.2) is 32.6 Å². The van der Waals surface area contributed by atoms with Crippen LogP contribution in [0.1, 0.15) is 56.8 Å². The molecule has 0 aliphatic heterocycles. The third-order valence-corrected chi connectivity index (χ3v) is 3.82. The number of carbonyl (C=O) groups is 1.